The van der Waals surface area contributed by atoms with Gasteiger partial charge in [-0.1, -0.05) is 31.0 Å². The average Bonchev–Trinajstić information content (AvgIpc) is 3.45. The second kappa shape index (κ2) is 8.91. The monoisotopic (exact) mass is 395 g/mol. The molecule has 2 fully saturated rings. The Hall–Kier alpha value is -2.47. The van der Waals surface area contributed by atoms with Crippen molar-refractivity contribution in [3.05, 3.63) is 41.6 Å². The Balaban J connectivity index is 1.56. The molecule has 1 aliphatic heterocycles. The van der Waals surface area contributed by atoms with E-state index in [0.717, 1.165) is 42.4 Å². The molecule has 6 heteroatoms. The van der Waals surface area contributed by atoms with Crippen molar-refractivity contribution in [3.8, 4) is 0 Å². The predicted octanol–water partition coefficient (Wildman–Crippen LogP) is 3.12. The van der Waals surface area contributed by atoms with Crippen LogP contribution >= 0.6 is 0 Å². The van der Waals surface area contributed by atoms with Gasteiger partial charge in [-0.15, -0.1) is 0 Å². The fraction of sp³-hybridized carbons (Fsp3) is 0.522. The summed E-state index contributed by atoms with van der Waals surface area (Å²) in [5, 5.41) is 3.77. The van der Waals surface area contributed by atoms with Crippen LogP contribution in [0.2, 0.25) is 0 Å². The number of methoxy groups -OCH3 is 1. The minimum absolute atomic E-state index is 0.112. The molecule has 4 rings (SSSR count). The van der Waals surface area contributed by atoms with Gasteiger partial charge in [0, 0.05) is 49.7 Å². The number of carbonyl (C=O) groups is 2. The molecule has 0 unspecified atom stereocenters. The zero-order valence-corrected chi connectivity index (χ0v) is 17.0. The maximum atomic E-state index is 12.8. The van der Waals surface area contributed by atoms with Crippen molar-refractivity contribution in [2.45, 2.75) is 38.0 Å². The summed E-state index contributed by atoms with van der Waals surface area (Å²) in [6.45, 7) is 2.42. The Bertz CT molecular complexity index is 892. The van der Waals surface area contributed by atoms with Crippen LogP contribution in [0, 0.1) is 5.92 Å². The Labute approximate surface area is 171 Å². The summed E-state index contributed by atoms with van der Waals surface area (Å²) in [6, 6.07) is 9.66. The normalized spacial score (nSPS) is 19.8. The summed E-state index contributed by atoms with van der Waals surface area (Å²) >= 11 is 0. The number of aromatic nitrogens is 1. The lowest BCUT2D eigenvalue weighted by Crippen LogP contribution is -2.33. The highest BCUT2D eigenvalue weighted by Crippen LogP contribution is 2.33. The van der Waals surface area contributed by atoms with Crippen LogP contribution in [-0.4, -0.2) is 55.0 Å². The molecule has 1 aromatic heterocycles. The van der Waals surface area contributed by atoms with E-state index in [0.29, 0.717) is 31.2 Å². The first-order valence-electron chi connectivity index (χ1n) is 10.6. The van der Waals surface area contributed by atoms with Crippen molar-refractivity contribution >= 4 is 22.7 Å². The van der Waals surface area contributed by atoms with Crippen LogP contribution in [0.4, 0.5) is 0 Å². The van der Waals surface area contributed by atoms with Gasteiger partial charge in [0.2, 0.25) is 5.91 Å². The maximum absolute atomic E-state index is 12.8. The number of benzene rings is 1. The standard InChI is InChI=1S/C23H29N3O3/c1-29-13-11-24-22(27)19-14-21(25-20-9-5-4-8-18(19)20)17-10-12-26(15-17)23(28)16-6-2-3-7-16/h4-5,8-9,14,16-17H,2-3,6-7,10-13,15H2,1H3,(H,24,27)/t17-/m0/s1. The van der Waals surface area contributed by atoms with Crippen molar-refractivity contribution in [3.63, 3.8) is 0 Å². The molecule has 1 saturated carbocycles. The third-order valence-electron chi connectivity index (χ3n) is 6.19. The number of amides is 2. The number of hydrogen-bond donors (Lipinski definition) is 1. The van der Waals surface area contributed by atoms with Crippen molar-refractivity contribution in [1.29, 1.82) is 0 Å². The topological polar surface area (TPSA) is 71.5 Å². The maximum Gasteiger partial charge on any atom is 0.252 e. The number of pyridine rings is 1. The van der Waals surface area contributed by atoms with E-state index in [9.17, 15) is 9.59 Å². The molecule has 0 bridgehead atoms. The van der Waals surface area contributed by atoms with Crippen LogP contribution in [-0.2, 0) is 9.53 Å². The van der Waals surface area contributed by atoms with Crippen LogP contribution in [0.5, 0.6) is 0 Å². The molecular formula is C23H29N3O3. The van der Waals surface area contributed by atoms with E-state index in [2.05, 4.69) is 5.32 Å². The lowest BCUT2D eigenvalue weighted by molar-refractivity contribution is -0.134. The second-order valence-corrected chi connectivity index (χ2v) is 8.11. The van der Waals surface area contributed by atoms with Crippen molar-refractivity contribution in [1.82, 2.24) is 15.2 Å². The summed E-state index contributed by atoms with van der Waals surface area (Å²) in [5.41, 5.74) is 2.37. The first kappa shape index (κ1) is 19.8. The Morgan fingerprint density at radius 1 is 1.21 bits per heavy atom. The molecule has 1 saturated heterocycles. The minimum Gasteiger partial charge on any atom is -0.383 e. The van der Waals surface area contributed by atoms with Gasteiger partial charge in [0.05, 0.1) is 17.7 Å². The molecule has 6 nitrogen and oxygen atoms in total. The number of carbonyl (C=O) groups excluding carboxylic acids is 2. The zero-order valence-electron chi connectivity index (χ0n) is 17.0. The molecule has 2 heterocycles. The average molecular weight is 396 g/mol. The Kier molecular flexibility index (Phi) is 6.09. The van der Waals surface area contributed by atoms with Crippen molar-refractivity contribution in [2.24, 2.45) is 5.92 Å². The smallest absolute Gasteiger partial charge is 0.252 e. The number of likely N-dealkylation sites (tertiary alicyclic amines) is 1. The molecule has 29 heavy (non-hydrogen) atoms. The van der Waals surface area contributed by atoms with Gasteiger partial charge in [0.25, 0.3) is 5.91 Å². The predicted molar refractivity (Wildman–Crippen MR) is 112 cm³/mol. The fourth-order valence-electron chi connectivity index (χ4n) is 4.59. The molecule has 2 aromatic rings. The number of nitrogens with zero attached hydrogens (tertiary/aromatic N) is 2. The van der Waals surface area contributed by atoms with Crippen LogP contribution in [0.1, 0.15) is 54.1 Å². The summed E-state index contributed by atoms with van der Waals surface area (Å²) in [5.74, 6) is 0.582. The highest BCUT2D eigenvalue weighted by Gasteiger charge is 2.33. The number of rotatable bonds is 6. The van der Waals surface area contributed by atoms with Gasteiger partial charge in [-0.25, -0.2) is 0 Å². The van der Waals surface area contributed by atoms with Crippen LogP contribution in [0.3, 0.4) is 0 Å². The van der Waals surface area contributed by atoms with Gasteiger partial charge in [0.1, 0.15) is 0 Å². The van der Waals surface area contributed by atoms with E-state index < -0.39 is 0 Å². The molecular weight excluding hydrogens is 366 g/mol. The molecule has 2 aliphatic rings. The molecule has 1 aromatic carbocycles. The van der Waals surface area contributed by atoms with Crippen molar-refractivity contribution in [2.75, 3.05) is 33.4 Å². The fourth-order valence-corrected chi connectivity index (χ4v) is 4.59. The van der Waals surface area contributed by atoms with Gasteiger partial charge < -0.3 is 15.0 Å². The third kappa shape index (κ3) is 4.27. The number of hydrogen-bond acceptors (Lipinski definition) is 4. The van der Waals surface area contributed by atoms with Gasteiger partial charge in [0.15, 0.2) is 0 Å². The van der Waals surface area contributed by atoms with E-state index in [4.69, 9.17) is 9.72 Å². The molecule has 1 atom stereocenters. The van der Waals surface area contributed by atoms with E-state index in [1.165, 1.54) is 12.8 Å². The molecule has 0 radical (unpaired) electrons. The van der Waals surface area contributed by atoms with Crippen LogP contribution in [0.15, 0.2) is 30.3 Å². The lowest BCUT2D eigenvalue weighted by Gasteiger charge is -2.20. The van der Waals surface area contributed by atoms with E-state index in [-0.39, 0.29) is 17.7 Å². The first-order valence-corrected chi connectivity index (χ1v) is 10.6. The van der Waals surface area contributed by atoms with Gasteiger partial charge >= 0.3 is 0 Å². The molecule has 1 N–H and O–H groups in total. The number of nitrogens with one attached hydrogen (secondary N) is 1. The van der Waals surface area contributed by atoms with Gasteiger partial charge in [-0.3, -0.25) is 14.6 Å². The molecule has 1 aliphatic carbocycles. The lowest BCUT2D eigenvalue weighted by atomic mass is 9.99. The Morgan fingerprint density at radius 3 is 2.79 bits per heavy atom. The highest BCUT2D eigenvalue weighted by molar-refractivity contribution is 6.06. The quantitative estimate of drug-likeness (QED) is 0.763. The minimum atomic E-state index is -0.112. The summed E-state index contributed by atoms with van der Waals surface area (Å²) < 4.78 is 5.03. The molecule has 0 spiro atoms. The number of ether oxygens (including phenoxy) is 1. The van der Waals surface area contributed by atoms with E-state index in [1.54, 1.807) is 7.11 Å². The molecule has 154 valence electrons. The molecule has 2 amide bonds. The van der Waals surface area contributed by atoms with Gasteiger partial charge in [-0.05, 0) is 31.4 Å². The SMILES string of the molecule is COCCNC(=O)c1cc([C@H]2CCN(C(=O)C3CCCC3)C2)nc2ccccc12. The largest absolute Gasteiger partial charge is 0.383 e. The Morgan fingerprint density at radius 2 is 2.00 bits per heavy atom. The van der Waals surface area contributed by atoms with Crippen LogP contribution in [0.25, 0.3) is 10.9 Å². The van der Waals surface area contributed by atoms with E-state index in [1.807, 2.05) is 35.2 Å². The number of para-hydroxylation sites is 1. The van der Waals surface area contributed by atoms with Crippen LogP contribution < -0.4 is 5.32 Å². The highest BCUT2D eigenvalue weighted by atomic mass is 16.5. The summed E-state index contributed by atoms with van der Waals surface area (Å²) in [6.07, 6.45) is 5.29. The number of fused-ring (bicyclic) bond motifs is 1. The van der Waals surface area contributed by atoms with Crippen molar-refractivity contribution < 1.29 is 14.3 Å². The second-order valence-electron chi connectivity index (χ2n) is 8.11. The summed E-state index contributed by atoms with van der Waals surface area (Å²) in [4.78, 5) is 32.4. The third-order valence-corrected chi connectivity index (χ3v) is 6.19. The zero-order chi connectivity index (χ0) is 20.2. The first-order chi connectivity index (χ1) is 14.2. The summed E-state index contributed by atoms with van der Waals surface area (Å²) in [7, 11) is 1.62. The van der Waals surface area contributed by atoms with Gasteiger partial charge in [-0.2, -0.15) is 0 Å². The van der Waals surface area contributed by atoms with E-state index >= 15 is 0 Å².